The van der Waals surface area contributed by atoms with Crippen molar-refractivity contribution in [2.45, 2.75) is 31.6 Å². The van der Waals surface area contributed by atoms with Crippen LogP contribution in [0.1, 0.15) is 17.8 Å². The largest absolute Gasteiger partial charge is 0.416 e. The number of aryl methyl sites for hydroxylation is 1. The van der Waals surface area contributed by atoms with Crippen molar-refractivity contribution in [1.82, 2.24) is 9.55 Å². The van der Waals surface area contributed by atoms with Gasteiger partial charge in [-0.25, -0.2) is 4.98 Å². The lowest BCUT2D eigenvalue weighted by Gasteiger charge is -2.19. The predicted octanol–water partition coefficient (Wildman–Crippen LogP) is 2.84. The molecular formula is C14H14F3N3. The van der Waals surface area contributed by atoms with Crippen LogP contribution < -0.4 is 5.73 Å². The Morgan fingerprint density at radius 1 is 1.20 bits per heavy atom. The van der Waals surface area contributed by atoms with Crippen molar-refractivity contribution in [2.75, 3.05) is 0 Å². The number of rotatable bonds is 1. The number of nitrogens with zero attached hydrogens (tertiary/aromatic N) is 2. The highest BCUT2D eigenvalue weighted by Gasteiger charge is 2.30. The lowest BCUT2D eigenvalue weighted by atomic mass is 10.1. The summed E-state index contributed by atoms with van der Waals surface area (Å²) in [6.07, 6.45) is -0.749. The number of nitrogens with two attached hydrogens (primary N) is 1. The number of alkyl halides is 3. The third-order valence-electron chi connectivity index (χ3n) is 3.54. The van der Waals surface area contributed by atoms with Crippen LogP contribution >= 0.6 is 0 Å². The van der Waals surface area contributed by atoms with E-state index >= 15 is 0 Å². The SMILES string of the molecule is NC1CCc2nc(-c3ccc(C(F)(F)F)cc3)cn2C1. The highest BCUT2D eigenvalue weighted by atomic mass is 19.4. The van der Waals surface area contributed by atoms with E-state index < -0.39 is 11.7 Å². The molecule has 2 aromatic rings. The van der Waals surface area contributed by atoms with Gasteiger partial charge in [-0.05, 0) is 18.6 Å². The molecule has 3 rings (SSSR count). The number of benzene rings is 1. The van der Waals surface area contributed by atoms with E-state index in [0.29, 0.717) is 17.8 Å². The zero-order chi connectivity index (χ0) is 14.3. The molecule has 20 heavy (non-hydrogen) atoms. The zero-order valence-corrected chi connectivity index (χ0v) is 10.7. The molecular weight excluding hydrogens is 267 g/mol. The Kier molecular flexibility index (Phi) is 3.05. The van der Waals surface area contributed by atoms with Crippen LogP contribution in [0.2, 0.25) is 0 Å². The summed E-state index contributed by atoms with van der Waals surface area (Å²) in [5, 5.41) is 0. The molecule has 106 valence electrons. The average molecular weight is 281 g/mol. The summed E-state index contributed by atoms with van der Waals surface area (Å²) in [6, 6.07) is 5.20. The van der Waals surface area contributed by atoms with Crippen molar-refractivity contribution in [3.63, 3.8) is 0 Å². The summed E-state index contributed by atoms with van der Waals surface area (Å²) < 4.78 is 39.5. The lowest BCUT2D eigenvalue weighted by molar-refractivity contribution is -0.137. The first-order valence-corrected chi connectivity index (χ1v) is 6.43. The Balaban J connectivity index is 1.90. The van der Waals surface area contributed by atoms with Crippen LogP contribution in [-0.4, -0.2) is 15.6 Å². The first-order valence-electron chi connectivity index (χ1n) is 6.43. The number of hydrogen-bond acceptors (Lipinski definition) is 2. The molecule has 0 saturated carbocycles. The van der Waals surface area contributed by atoms with Crippen LogP contribution in [0.3, 0.4) is 0 Å². The Bertz CT molecular complexity index is 614. The molecule has 6 heteroatoms. The fourth-order valence-electron chi connectivity index (χ4n) is 2.44. The molecule has 1 aromatic carbocycles. The van der Waals surface area contributed by atoms with Crippen molar-refractivity contribution >= 4 is 0 Å². The molecule has 1 aromatic heterocycles. The number of hydrogen-bond donors (Lipinski definition) is 1. The van der Waals surface area contributed by atoms with Gasteiger partial charge in [0.25, 0.3) is 0 Å². The Morgan fingerprint density at radius 3 is 2.55 bits per heavy atom. The highest BCUT2D eigenvalue weighted by Crippen LogP contribution is 2.31. The van der Waals surface area contributed by atoms with Gasteiger partial charge in [0.2, 0.25) is 0 Å². The highest BCUT2D eigenvalue weighted by molar-refractivity contribution is 5.59. The molecule has 1 unspecified atom stereocenters. The molecule has 2 heterocycles. The van der Waals surface area contributed by atoms with Gasteiger partial charge in [0, 0.05) is 30.8 Å². The van der Waals surface area contributed by atoms with Gasteiger partial charge < -0.3 is 10.3 Å². The first kappa shape index (κ1) is 13.2. The van der Waals surface area contributed by atoms with E-state index in [1.54, 1.807) is 0 Å². The van der Waals surface area contributed by atoms with Gasteiger partial charge in [0.1, 0.15) is 5.82 Å². The van der Waals surface area contributed by atoms with Crippen molar-refractivity contribution in [3.05, 3.63) is 41.9 Å². The van der Waals surface area contributed by atoms with Gasteiger partial charge in [-0.15, -0.1) is 0 Å². The van der Waals surface area contributed by atoms with Crippen LogP contribution in [0.5, 0.6) is 0 Å². The van der Waals surface area contributed by atoms with E-state index in [-0.39, 0.29) is 6.04 Å². The lowest BCUT2D eigenvalue weighted by Crippen LogP contribution is -2.31. The fourth-order valence-corrected chi connectivity index (χ4v) is 2.44. The minimum atomic E-state index is -4.31. The molecule has 0 fully saturated rings. The summed E-state index contributed by atoms with van der Waals surface area (Å²) in [5.74, 6) is 0.946. The molecule has 1 aliphatic heterocycles. The molecule has 0 radical (unpaired) electrons. The quantitative estimate of drug-likeness (QED) is 0.873. The fraction of sp³-hybridized carbons (Fsp3) is 0.357. The van der Waals surface area contributed by atoms with E-state index in [1.165, 1.54) is 12.1 Å². The van der Waals surface area contributed by atoms with Gasteiger partial charge >= 0.3 is 6.18 Å². The van der Waals surface area contributed by atoms with E-state index in [4.69, 9.17) is 5.73 Å². The number of aromatic nitrogens is 2. The maximum absolute atomic E-state index is 12.5. The van der Waals surface area contributed by atoms with Crippen LogP contribution in [0.15, 0.2) is 30.5 Å². The zero-order valence-electron chi connectivity index (χ0n) is 10.7. The summed E-state index contributed by atoms with van der Waals surface area (Å²) in [7, 11) is 0. The summed E-state index contributed by atoms with van der Waals surface area (Å²) in [4.78, 5) is 4.47. The topological polar surface area (TPSA) is 43.8 Å². The second-order valence-electron chi connectivity index (χ2n) is 5.07. The van der Waals surface area contributed by atoms with Crippen LogP contribution in [0.25, 0.3) is 11.3 Å². The van der Waals surface area contributed by atoms with Gasteiger partial charge in [0.05, 0.1) is 11.3 Å². The van der Waals surface area contributed by atoms with Gasteiger partial charge in [0.15, 0.2) is 0 Å². The maximum atomic E-state index is 12.5. The number of fused-ring (bicyclic) bond motifs is 1. The Morgan fingerprint density at radius 2 is 1.90 bits per heavy atom. The van der Waals surface area contributed by atoms with E-state index in [2.05, 4.69) is 4.98 Å². The minimum Gasteiger partial charge on any atom is -0.333 e. The van der Waals surface area contributed by atoms with E-state index in [0.717, 1.165) is 30.8 Å². The maximum Gasteiger partial charge on any atom is 0.416 e. The van der Waals surface area contributed by atoms with Crippen LogP contribution in [-0.2, 0) is 19.1 Å². The molecule has 0 spiro atoms. The molecule has 0 amide bonds. The van der Waals surface area contributed by atoms with Crippen molar-refractivity contribution < 1.29 is 13.2 Å². The van der Waals surface area contributed by atoms with Gasteiger partial charge in [-0.2, -0.15) is 13.2 Å². The second-order valence-corrected chi connectivity index (χ2v) is 5.07. The average Bonchev–Trinajstić information content (AvgIpc) is 2.80. The molecule has 0 aliphatic carbocycles. The molecule has 1 atom stereocenters. The standard InChI is InChI=1S/C14H14F3N3/c15-14(16,17)10-3-1-9(2-4-10)12-8-20-7-11(18)5-6-13(20)19-12/h1-4,8,11H,5-7,18H2. The molecule has 0 bridgehead atoms. The summed E-state index contributed by atoms with van der Waals surface area (Å²) >= 11 is 0. The van der Waals surface area contributed by atoms with Crippen LogP contribution in [0, 0.1) is 0 Å². The number of imidazole rings is 1. The van der Waals surface area contributed by atoms with Crippen LogP contribution in [0.4, 0.5) is 13.2 Å². The molecule has 2 N–H and O–H groups in total. The van der Waals surface area contributed by atoms with E-state index in [9.17, 15) is 13.2 Å². The van der Waals surface area contributed by atoms with E-state index in [1.807, 2.05) is 10.8 Å². The Labute approximate surface area is 114 Å². The smallest absolute Gasteiger partial charge is 0.333 e. The Hall–Kier alpha value is -1.82. The molecule has 1 aliphatic rings. The molecule has 3 nitrogen and oxygen atoms in total. The second kappa shape index (κ2) is 4.63. The normalized spacial score (nSPS) is 18.9. The van der Waals surface area contributed by atoms with Crippen molar-refractivity contribution in [1.29, 1.82) is 0 Å². The minimum absolute atomic E-state index is 0.122. The van der Waals surface area contributed by atoms with Crippen molar-refractivity contribution in [2.24, 2.45) is 5.73 Å². The summed E-state index contributed by atoms with van der Waals surface area (Å²) in [6.45, 7) is 0.711. The van der Waals surface area contributed by atoms with Crippen molar-refractivity contribution in [3.8, 4) is 11.3 Å². The predicted molar refractivity (Wildman–Crippen MR) is 69.0 cm³/mol. The third kappa shape index (κ3) is 2.43. The third-order valence-corrected chi connectivity index (χ3v) is 3.54. The van der Waals surface area contributed by atoms with Gasteiger partial charge in [-0.1, -0.05) is 12.1 Å². The summed E-state index contributed by atoms with van der Waals surface area (Å²) in [5.41, 5.74) is 6.63. The number of halogens is 3. The van der Waals surface area contributed by atoms with Gasteiger partial charge in [-0.3, -0.25) is 0 Å². The molecule has 0 saturated heterocycles. The first-order chi connectivity index (χ1) is 9.43. The monoisotopic (exact) mass is 281 g/mol.